The molecule has 0 spiro atoms. The lowest BCUT2D eigenvalue weighted by atomic mass is 10.1. The fourth-order valence-corrected chi connectivity index (χ4v) is 3.15. The summed E-state index contributed by atoms with van der Waals surface area (Å²) in [6.45, 7) is 0. The van der Waals surface area contributed by atoms with Crippen LogP contribution in [0, 0.1) is 0 Å². The number of halogens is 1. The summed E-state index contributed by atoms with van der Waals surface area (Å²) < 4.78 is 3.16. The summed E-state index contributed by atoms with van der Waals surface area (Å²) in [5.74, 6) is 0.828. The maximum absolute atomic E-state index is 4.53. The van der Waals surface area contributed by atoms with Gasteiger partial charge in [-0.25, -0.2) is 9.97 Å². The number of fused-ring (bicyclic) bond motifs is 1. The predicted molar refractivity (Wildman–Crippen MR) is 102 cm³/mol. The van der Waals surface area contributed by atoms with Gasteiger partial charge in [0.1, 0.15) is 12.1 Å². The lowest BCUT2D eigenvalue weighted by molar-refractivity contribution is 1.07. The van der Waals surface area contributed by atoms with Gasteiger partial charge in [0.25, 0.3) is 0 Å². The van der Waals surface area contributed by atoms with Crippen LogP contribution in [0.2, 0.25) is 0 Å². The van der Waals surface area contributed by atoms with Crippen molar-refractivity contribution in [2.24, 2.45) is 0 Å². The van der Waals surface area contributed by atoms with Crippen molar-refractivity contribution in [3.63, 3.8) is 0 Å². The largest absolute Gasteiger partial charge is 0.372 e. The average molecular weight is 379 g/mol. The number of nitrogens with zero attached hydrogens (tertiary/aromatic N) is 3. The molecule has 4 aromatic rings. The Morgan fingerprint density at radius 2 is 1.71 bits per heavy atom. The van der Waals surface area contributed by atoms with Crippen LogP contribution in [0.4, 0.5) is 5.82 Å². The normalized spacial score (nSPS) is 10.9. The van der Waals surface area contributed by atoms with Crippen LogP contribution in [0.5, 0.6) is 0 Å². The van der Waals surface area contributed by atoms with Gasteiger partial charge < -0.3 is 9.88 Å². The molecule has 0 fully saturated rings. The van der Waals surface area contributed by atoms with Crippen LogP contribution < -0.4 is 5.32 Å². The van der Waals surface area contributed by atoms with E-state index in [0.717, 1.165) is 38.1 Å². The predicted octanol–water partition coefficient (Wildman–Crippen LogP) is 4.89. The number of benzene rings is 2. The van der Waals surface area contributed by atoms with Crippen molar-refractivity contribution in [2.75, 3.05) is 12.4 Å². The minimum Gasteiger partial charge on any atom is -0.372 e. The molecule has 0 saturated heterocycles. The van der Waals surface area contributed by atoms with Gasteiger partial charge in [-0.3, -0.25) is 0 Å². The third kappa shape index (κ3) is 2.47. The van der Waals surface area contributed by atoms with Crippen LogP contribution >= 0.6 is 15.9 Å². The molecule has 0 aliphatic heterocycles. The van der Waals surface area contributed by atoms with Gasteiger partial charge in [-0.05, 0) is 29.8 Å². The number of hydrogen-bond acceptors (Lipinski definition) is 3. The fourth-order valence-electron chi connectivity index (χ4n) is 2.89. The molecule has 0 aliphatic rings. The van der Waals surface area contributed by atoms with Crippen LogP contribution in [0.1, 0.15) is 0 Å². The van der Waals surface area contributed by atoms with E-state index in [9.17, 15) is 0 Å². The maximum atomic E-state index is 4.53. The summed E-state index contributed by atoms with van der Waals surface area (Å²) in [6, 6.07) is 18.5. The summed E-state index contributed by atoms with van der Waals surface area (Å²) in [5.41, 5.74) is 4.20. The van der Waals surface area contributed by atoms with E-state index in [1.165, 1.54) is 0 Å². The highest BCUT2D eigenvalue weighted by atomic mass is 79.9. The summed E-state index contributed by atoms with van der Waals surface area (Å²) in [6.07, 6.45) is 3.72. The Bertz CT molecular complexity index is 991. The van der Waals surface area contributed by atoms with E-state index in [4.69, 9.17) is 0 Å². The van der Waals surface area contributed by atoms with Crippen molar-refractivity contribution in [1.82, 2.24) is 14.5 Å². The molecule has 0 atom stereocenters. The van der Waals surface area contributed by atoms with Gasteiger partial charge >= 0.3 is 0 Å². The van der Waals surface area contributed by atoms with Gasteiger partial charge in [0.15, 0.2) is 5.65 Å². The van der Waals surface area contributed by atoms with E-state index >= 15 is 0 Å². The zero-order valence-corrected chi connectivity index (χ0v) is 14.7. The molecule has 0 saturated carbocycles. The molecule has 2 aromatic heterocycles. The van der Waals surface area contributed by atoms with Crippen LogP contribution in [-0.4, -0.2) is 21.6 Å². The molecule has 2 heterocycles. The van der Waals surface area contributed by atoms with Crippen molar-refractivity contribution >= 4 is 32.8 Å². The zero-order valence-electron chi connectivity index (χ0n) is 13.1. The SMILES string of the molecule is CNc1ncnc2c1c(-c1ccccc1)cn2-c1ccc(Br)cc1. The number of anilines is 1. The van der Waals surface area contributed by atoms with E-state index in [1.807, 2.05) is 37.4 Å². The second kappa shape index (κ2) is 6.09. The number of nitrogens with one attached hydrogen (secondary N) is 1. The third-order valence-corrected chi connectivity index (χ3v) is 4.54. The molecular weight excluding hydrogens is 364 g/mol. The monoisotopic (exact) mass is 378 g/mol. The van der Waals surface area contributed by atoms with Crippen molar-refractivity contribution in [2.45, 2.75) is 0 Å². The molecule has 2 aromatic carbocycles. The second-order valence-electron chi connectivity index (χ2n) is 5.43. The first-order valence-corrected chi connectivity index (χ1v) is 8.42. The standard InChI is InChI=1S/C19H15BrN4/c1-21-18-17-16(13-5-3-2-4-6-13)11-24(19(17)23-12-22-18)15-9-7-14(20)8-10-15/h2-12H,1H3,(H,21,22,23). The molecule has 1 N–H and O–H groups in total. The highest BCUT2D eigenvalue weighted by Gasteiger charge is 2.16. The van der Waals surface area contributed by atoms with E-state index in [-0.39, 0.29) is 0 Å². The highest BCUT2D eigenvalue weighted by Crippen LogP contribution is 2.35. The molecule has 0 bridgehead atoms. The van der Waals surface area contributed by atoms with Crippen LogP contribution in [0.25, 0.3) is 27.8 Å². The summed E-state index contributed by atoms with van der Waals surface area (Å²) in [7, 11) is 1.88. The topological polar surface area (TPSA) is 42.7 Å². The Hall–Kier alpha value is -2.66. The van der Waals surface area contributed by atoms with Crippen molar-refractivity contribution in [3.05, 3.63) is 71.6 Å². The van der Waals surface area contributed by atoms with Gasteiger partial charge in [0, 0.05) is 29.0 Å². The van der Waals surface area contributed by atoms with Gasteiger partial charge in [-0.15, -0.1) is 0 Å². The highest BCUT2D eigenvalue weighted by molar-refractivity contribution is 9.10. The lowest BCUT2D eigenvalue weighted by Gasteiger charge is -2.05. The molecule has 0 unspecified atom stereocenters. The molecule has 118 valence electrons. The van der Waals surface area contributed by atoms with Gasteiger partial charge in [0.05, 0.1) is 5.39 Å². The fraction of sp³-hybridized carbons (Fsp3) is 0.0526. The number of hydrogen-bond donors (Lipinski definition) is 1. The Kier molecular flexibility index (Phi) is 3.78. The first-order valence-electron chi connectivity index (χ1n) is 7.63. The molecule has 0 radical (unpaired) electrons. The van der Waals surface area contributed by atoms with Crippen molar-refractivity contribution in [3.8, 4) is 16.8 Å². The molecular formula is C19H15BrN4. The van der Waals surface area contributed by atoms with Gasteiger partial charge in [-0.1, -0.05) is 46.3 Å². The molecule has 0 amide bonds. The van der Waals surface area contributed by atoms with E-state index in [0.29, 0.717) is 0 Å². The van der Waals surface area contributed by atoms with Crippen LogP contribution in [0.3, 0.4) is 0 Å². The zero-order chi connectivity index (χ0) is 16.5. The summed E-state index contributed by atoms with van der Waals surface area (Å²) in [4.78, 5) is 8.92. The minimum atomic E-state index is 0.828. The van der Waals surface area contributed by atoms with Crippen LogP contribution in [0.15, 0.2) is 71.6 Å². The summed E-state index contributed by atoms with van der Waals surface area (Å²) in [5, 5.41) is 4.20. The smallest absolute Gasteiger partial charge is 0.150 e. The lowest BCUT2D eigenvalue weighted by Crippen LogP contribution is -1.97. The number of aromatic nitrogens is 3. The minimum absolute atomic E-state index is 0.828. The van der Waals surface area contributed by atoms with Crippen molar-refractivity contribution < 1.29 is 0 Å². The molecule has 0 aliphatic carbocycles. The Labute approximate surface area is 148 Å². The van der Waals surface area contributed by atoms with E-state index < -0.39 is 0 Å². The first kappa shape index (κ1) is 14.9. The Morgan fingerprint density at radius 3 is 2.42 bits per heavy atom. The maximum Gasteiger partial charge on any atom is 0.150 e. The average Bonchev–Trinajstić information content (AvgIpc) is 3.03. The van der Waals surface area contributed by atoms with Crippen LogP contribution in [-0.2, 0) is 0 Å². The molecule has 24 heavy (non-hydrogen) atoms. The summed E-state index contributed by atoms with van der Waals surface area (Å²) >= 11 is 3.49. The Morgan fingerprint density at radius 1 is 0.958 bits per heavy atom. The Balaban J connectivity index is 2.04. The molecule has 4 nitrogen and oxygen atoms in total. The third-order valence-electron chi connectivity index (χ3n) is 4.01. The van der Waals surface area contributed by atoms with E-state index in [1.54, 1.807) is 6.33 Å². The van der Waals surface area contributed by atoms with Gasteiger partial charge in [-0.2, -0.15) is 0 Å². The molecule has 5 heteroatoms. The van der Waals surface area contributed by atoms with Gasteiger partial charge in [0.2, 0.25) is 0 Å². The number of rotatable bonds is 3. The molecule has 4 rings (SSSR count). The van der Waals surface area contributed by atoms with Crippen molar-refractivity contribution in [1.29, 1.82) is 0 Å². The van der Waals surface area contributed by atoms with E-state index in [2.05, 4.69) is 66.2 Å². The quantitative estimate of drug-likeness (QED) is 0.551. The second-order valence-corrected chi connectivity index (χ2v) is 6.34. The first-order chi connectivity index (χ1) is 11.8.